The molecule has 0 bridgehead atoms. The maximum atomic E-state index is 13.8. The van der Waals surface area contributed by atoms with Crippen molar-refractivity contribution in [2.75, 3.05) is 0 Å². The Hall–Kier alpha value is -2.38. The number of benzene rings is 2. The average Bonchev–Trinajstić information content (AvgIpc) is 2.40. The SMILES string of the molecule is N#Cc1ccc(F)c(-c2cc(C(=O)O)ccc2Cl)c1. The summed E-state index contributed by atoms with van der Waals surface area (Å²) >= 11 is 5.96. The first kappa shape index (κ1) is 13.1. The van der Waals surface area contributed by atoms with Gasteiger partial charge in [0.2, 0.25) is 0 Å². The number of carboxylic acid groups (broad SMARTS) is 1. The van der Waals surface area contributed by atoms with Gasteiger partial charge in [-0.1, -0.05) is 11.6 Å². The highest BCUT2D eigenvalue weighted by Gasteiger charge is 2.13. The molecule has 1 N–H and O–H groups in total. The van der Waals surface area contributed by atoms with Gasteiger partial charge in [0.15, 0.2) is 0 Å². The van der Waals surface area contributed by atoms with Crippen LogP contribution in [0.15, 0.2) is 36.4 Å². The standard InChI is InChI=1S/C14H7ClFNO2/c15-12-3-2-9(14(18)19)6-10(12)11-5-8(7-17)1-4-13(11)16/h1-6H,(H,18,19). The van der Waals surface area contributed by atoms with Crippen LogP contribution in [-0.4, -0.2) is 11.1 Å². The van der Waals surface area contributed by atoms with Crippen molar-refractivity contribution in [1.29, 1.82) is 5.26 Å². The van der Waals surface area contributed by atoms with Crippen molar-refractivity contribution < 1.29 is 14.3 Å². The van der Waals surface area contributed by atoms with Gasteiger partial charge in [0.05, 0.1) is 17.2 Å². The highest BCUT2D eigenvalue weighted by Crippen LogP contribution is 2.31. The van der Waals surface area contributed by atoms with Gasteiger partial charge in [0.1, 0.15) is 5.82 Å². The smallest absolute Gasteiger partial charge is 0.335 e. The maximum absolute atomic E-state index is 13.8. The third-order valence-electron chi connectivity index (χ3n) is 2.60. The van der Waals surface area contributed by atoms with Crippen molar-refractivity contribution in [2.24, 2.45) is 0 Å². The van der Waals surface area contributed by atoms with Crippen LogP contribution in [0.5, 0.6) is 0 Å². The second kappa shape index (κ2) is 5.09. The van der Waals surface area contributed by atoms with E-state index in [1.165, 1.54) is 30.3 Å². The number of aromatic carboxylic acids is 1. The number of nitriles is 1. The number of hydrogen-bond acceptors (Lipinski definition) is 2. The van der Waals surface area contributed by atoms with Crippen LogP contribution in [-0.2, 0) is 0 Å². The number of carbonyl (C=O) groups is 1. The summed E-state index contributed by atoms with van der Waals surface area (Å²) in [7, 11) is 0. The number of hydrogen-bond donors (Lipinski definition) is 1. The van der Waals surface area contributed by atoms with Gasteiger partial charge in [-0.05, 0) is 36.4 Å². The Bertz CT molecular complexity index is 707. The summed E-state index contributed by atoms with van der Waals surface area (Å²) < 4.78 is 13.8. The van der Waals surface area contributed by atoms with Gasteiger partial charge >= 0.3 is 5.97 Å². The van der Waals surface area contributed by atoms with Gasteiger partial charge in [0, 0.05) is 16.1 Å². The van der Waals surface area contributed by atoms with E-state index in [1.54, 1.807) is 0 Å². The fraction of sp³-hybridized carbons (Fsp3) is 0. The minimum atomic E-state index is -1.13. The van der Waals surface area contributed by atoms with E-state index in [0.717, 1.165) is 6.07 Å². The highest BCUT2D eigenvalue weighted by atomic mass is 35.5. The molecule has 0 amide bonds. The fourth-order valence-electron chi connectivity index (χ4n) is 1.67. The third-order valence-corrected chi connectivity index (χ3v) is 2.93. The largest absolute Gasteiger partial charge is 0.478 e. The van der Waals surface area contributed by atoms with Gasteiger partial charge in [-0.15, -0.1) is 0 Å². The van der Waals surface area contributed by atoms with E-state index >= 15 is 0 Å². The Morgan fingerprint density at radius 2 is 1.95 bits per heavy atom. The Morgan fingerprint density at radius 1 is 1.21 bits per heavy atom. The number of rotatable bonds is 2. The van der Waals surface area contributed by atoms with Crippen molar-refractivity contribution >= 4 is 17.6 Å². The van der Waals surface area contributed by atoms with Crippen molar-refractivity contribution in [3.63, 3.8) is 0 Å². The van der Waals surface area contributed by atoms with Crippen LogP contribution in [0.1, 0.15) is 15.9 Å². The molecule has 0 heterocycles. The molecular formula is C14H7ClFNO2. The van der Waals surface area contributed by atoms with Crippen LogP contribution < -0.4 is 0 Å². The summed E-state index contributed by atoms with van der Waals surface area (Å²) in [6, 6.07) is 9.73. The quantitative estimate of drug-likeness (QED) is 0.909. The summed E-state index contributed by atoms with van der Waals surface area (Å²) in [5, 5.41) is 18.0. The lowest BCUT2D eigenvalue weighted by molar-refractivity contribution is 0.0697. The number of carboxylic acids is 1. The predicted molar refractivity (Wildman–Crippen MR) is 68.5 cm³/mol. The fourth-order valence-corrected chi connectivity index (χ4v) is 1.89. The first-order valence-electron chi connectivity index (χ1n) is 5.26. The number of halogens is 2. The van der Waals surface area contributed by atoms with Crippen LogP contribution in [0.4, 0.5) is 4.39 Å². The highest BCUT2D eigenvalue weighted by molar-refractivity contribution is 6.33. The van der Waals surface area contributed by atoms with Crippen LogP contribution in [0.3, 0.4) is 0 Å². The maximum Gasteiger partial charge on any atom is 0.335 e. The summed E-state index contributed by atoms with van der Waals surface area (Å²) in [5.41, 5.74) is 0.623. The predicted octanol–water partition coefficient (Wildman–Crippen LogP) is 3.72. The average molecular weight is 276 g/mol. The molecule has 0 atom stereocenters. The van der Waals surface area contributed by atoms with Crippen molar-refractivity contribution in [3.05, 3.63) is 58.4 Å². The van der Waals surface area contributed by atoms with Crippen molar-refractivity contribution in [1.82, 2.24) is 0 Å². The summed E-state index contributed by atoms with van der Waals surface area (Å²) in [4.78, 5) is 10.9. The Labute approximate surface area is 113 Å². The molecule has 0 aliphatic rings. The second-order valence-corrected chi connectivity index (χ2v) is 4.21. The molecular weight excluding hydrogens is 269 g/mol. The monoisotopic (exact) mass is 275 g/mol. The zero-order valence-electron chi connectivity index (χ0n) is 9.52. The number of nitrogens with zero attached hydrogens (tertiary/aromatic N) is 1. The molecule has 0 saturated heterocycles. The van der Waals surface area contributed by atoms with Gasteiger partial charge in [-0.3, -0.25) is 0 Å². The Kier molecular flexibility index (Phi) is 3.50. The van der Waals surface area contributed by atoms with Crippen molar-refractivity contribution in [3.8, 4) is 17.2 Å². The Morgan fingerprint density at radius 3 is 2.58 bits per heavy atom. The molecule has 0 unspecified atom stereocenters. The molecule has 0 fully saturated rings. The minimum absolute atomic E-state index is 0.00107. The molecule has 2 rings (SSSR count). The summed E-state index contributed by atoms with van der Waals surface area (Å²) in [6.07, 6.45) is 0. The molecule has 5 heteroatoms. The van der Waals surface area contributed by atoms with E-state index in [1.807, 2.05) is 6.07 Å². The normalized spacial score (nSPS) is 9.95. The van der Waals surface area contributed by atoms with E-state index in [0.29, 0.717) is 0 Å². The lowest BCUT2D eigenvalue weighted by atomic mass is 10.0. The molecule has 0 aromatic heterocycles. The zero-order valence-corrected chi connectivity index (χ0v) is 10.3. The molecule has 3 nitrogen and oxygen atoms in total. The van der Waals surface area contributed by atoms with E-state index in [9.17, 15) is 9.18 Å². The van der Waals surface area contributed by atoms with Crippen molar-refractivity contribution in [2.45, 2.75) is 0 Å². The molecule has 19 heavy (non-hydrogen) atoms. The van der Waals surface area contributed by atoms with Crippen LogP contribution >= 0.6 is 11.6 Å². The molecule has 2 aromatic rings. The van der Waals surface area contributed by atoms with Crippen LogP contribution in [0.2, 0.25) is 5.02 Å². The van der Waals surface area contributed by atoms with E-state index in [-0.39, 0.29) is 27.3 Å². The zero-order chi connectivity index (χ0) is 14.0. The van der Waals surface area contributed by atoms with E-state index in [2.05, 4.69) is 0 Å². The lowest BCUT2D eigenvalue weighted by Crippen LogP contribution is -1.97. The first-order valence-corrected chi connectivity index (χ1v) is 5.63. The second-order valence-electron chi connectivity index (χ2n) is 3.81. The minimum Gasteiger partial charge on any atom is -0.478 e. The van der Waals surface area contributed by atoms with Gasteiger partial charge in [-0.25, -0.2) is 9.18 Å². The van der Waals surface area contributed by atoms with Crippen LogP contribution in [0.25, 0.3) is 11.1 Å². The molecule has 0 aliphatic heterocycles. The Balaban J connectivity index is 2.68. The van der Waals surface area contributed by atoms with Gasteiger partial charge in [0.25, 0.3) is 0 Å². The van der Waals surface area contributed by atoms with E-state index in [4.69, 9.17) is 22.0 Å². The summed E-state index contributed by atoms with van der Waals surface area (Å²) in [5.74, 6) is -1.70. The summed E-state index contributed by atoms with van der Waals surface area (Å²) in [6.45, 7) is 0. The molecule has 0 radical (unpaired) electrons. The third kappa shape index (κ3) is 2.56. The lowest BCUT2D eigenvalue weighted by Gasteiger charge is -2.07. The van der Waals surface area contributed by atoms with Crippen LogP contribution in [0, 0.1) is 17.1 Å². The topological polar surface area (TPSA) is 61.1 Å². The van der Waals surface area contributed by atoms with Gasteiger partial charge < -0.3 is 5.11 Å². The molecule has 0 saturated carbocycles. The molecule has 0 spiro atoms. The molecule has 0 aliphatic carbocycles. The van der Waals surface area contributed by atoms with Gasteiger partial charge in [-0.2, -0.15) is 5.26 Å². The molecule has 2 aromatic carbocycles. The first-order chi connectivity index (χ1) is 9.02. The van der Waals surface area contributed by atoms with E-state index < -0.39 is 11.8 Å². The molecule has 94 valence electrons.